The van der Waals surface area contributed by atoms with Crippen molar-refractivity contribution in [2.24, 2.45) is 0 Å². The molecule has 19 heavy (non-hydrogen) atoms. The SMILES string of the molecule is COCCN(CCCl)CCOc1ccc(OC)cc1. The molecule has 1 rings (SSSR count). The van der Waals surface area contributed by atoms with Crippen LogP contribution in [0.2, 0.25) is 0 Å². The van der Waals surface area contributed by atoms with Gasteiger partial charge in [-0.2, -0.15) is 0 Å². The van der Waals surface area contributed by atoms with Crippen LogP contribution in [0.25, 0.3) is 0 Å². The Bertz CT molecular complexity index is 332. The van der Waals surface area contributed by atoms with E-state index in [4.69, 9.17) is 25.8 Å². The lowest BCUT2D eigenvalue weighted by molar-refractivity contribution is 0.139. The lowest BCUT2D eigenvalue weighted by Crippen LogP contribution is -2.33. The van der Waals surface area contributed by atoms with Crippen molar-refractivity contribution in [2.75, 3.05) is 52.9 Å². The molecule has 1 aromatic rings. The van der Waals surface area contributed by atoms with E-state index < -0.39 is 0 Å². The van der Waals surface area contributed by atoms with Gasteiger partial charge in [0, 0.05) is 32.6 Å². The topological polar surface area (TPSA) is 30.9 Å². The summed E-state index contributed by atoms with van der Waals surface area (Å²) in [6, 6.07) is 7.58. The van der Waals surface area contributed by atoms with Gasteiger partial charge in [-0.1, -0.05) is 0 Å². The van der Waals surface area contributed by atoms with E-state index in [1.165, 1.54) is 0 Å². The summed E-state index contributed by atoms with van der Waals surface area (Å²) in [7, 11) is 3.35. The second kappa shape index (κ2) is 9.89. The predicted octanol–water partition coefficient (Wildman–Crippen LogP) is 2.26. The highest BCUT2D eigenvalue weighted by Crippen LogP contribution is 2.16. The maximum atomic E-state index is 5.77. The van der Waals surface area contributed by atoms with E-state index >= 15 is 0 Å². The van der Waals surface area contributed by atoms with Crippen LogP contribution >= 0.6 is 11.6 Å². The quantitative estimate of drug-likeness (QED) is 0.618. The summed E-state index contributed by atoms with van der Waals surface area (Å²) in [5.74, 6) is 2.29. The maximum absolute atomic E-state index is 5.77. The van der Waals surface area contributed by atoms with Gasteiger partial charge in [0.25, 0.3) is 0 Å². The summed E-state index contributed by atoms with van der Waals surface area (Å²) in [5, 5.41) is 0. The van der Waals surface area contributed by atoms with Crippen LogP contribution in [0, 0.1) is 0 Å². The number of ether oxygens (including phenoxy) is 3. The van der Waals surface area contributed by atoms with Crippen LogP contribution in [0.1, 0.15) is 0 Å². The molecule has 0 aliphatic heterocycles. The van der Waals surface area contributed by atoms with E-state index in [0.29, 0.717) is 19.1 Å². The van der Waals surface area contributed by atoms with E-state index in [1.54, 1.807) is 14.2 Å². The van der Waals surface area contributed by atoms with Gasteiger partial charge in [-0.25, -0.2) is 0 Å². The first kappa shape index (κ1) is 16.1. The van der Waals surface area contributed by atoms with E-state index in [-0.39, 0.29) is 0 Å². The molecule has 0 fully saturated rings. The van der Waals surface area contributed by atoms with Crippen molar-refractivity contribution >= 4 is 11.6 Å². The predicted molar refractivity (Wildman–Crippen MR) is 77.5 cm³/mol. The van der Waals surface area contributed by atoms with Gasteiger partial charge in [0.15, 0.2) is 0 Å². The molecule has 5 heteroatoms. The zero-order chi connectivity index (χ0) is 13.9. The fourth-order valence-corrected chi connectivity index (χ4v) is 1.88. The van der Waals surface area contributed by atoms with Crippen molar-refractivity contribution in [3.63, 3.8) is 0 Å². The van der Waals surface area contributed by atoms with Crippen molar-refractivity contribution in [3.05, 3.63) is 24.3 Å². The number of hydrogen-bond acceptors (Lipinski definition) is 4. The van der Waals surface area contributed by atoms with E-state index in [9.17, 15) is 0 Å². The van der Waals surface area contributed by atoms with Gasteiger partial charge in [0.1, 0.15) is 18.1 Å². The van der Waals surface area contributed by atoms with E-state index in [0.717, 1.165) is 31.1 Å². The Morgan fingerprint density at radius 3 is 2.16 bits per heavy atom. The Kier molecular flexibility index (Phi) is 8.38. The largest absolute Gasteiger partial charge is 0.497 e. The molecular weight excluding hydrogens is 266 g/mol. The van der Waals surface area contributed by atoms with Crippen molar-refractivity contribution < 1.29 is 14.2 Å². The second-order valence-corrected chi connectivity index (χ2v) is 4.43. The smallest absolute Gasteiger partial charge is 0.119 e. The fraction of sp³-hybridized carbons (Fsp3) is 0.571. The number of benzene rings is 1. The van der Waals surface area contributed by atoms with Crippen LogP contribution in [-0.4, -0.2) is 57.8 Å². The molecule has 0 saturated carbocycles. The van der Waals surface area contributed by atoms with Gasteiger partial charge in [-0.15, -0.1) is 11.6 Å². The first-order valence-electron chi connectivity index (χ1n) is 6.34. The van der Waals surface area contributed by atoms with Crippen molar-refractivity contribution in [1.29, 1.82) is 0 Å². The van der Waals surface area contributed by atoms with Crippen LogP contribution in [0.15, 0.2) is 24.3 Å². The van der Waals surface area contributed by atoms with Gasteiger partial charge in [0.2, 0.25) is 0 Å². The summed E-state index contributed by atoms with van der Waals surface area (Å²) < 4.78 is 15.8. The number of rotatable bonds is 10. The normalized spacial score (nSPS) is 10.7. The number of hydrogen-bond donors (Lipinski definition) is 0. The molecular formula is C14H22ClNO3. The Morgan fingerprint density at radius 2 is 1.58 bits per heavy atom. The lowest BCUT2D eigenvalue weighted by Gasteiger charge is -2.20. The summed E-state index contributed by atoms with van der Waals surface area (Å²) in [6.07, 6.45) is 0. The maximum Gasteiger partial charge on any atom is 0.119 e. The molecule has 0 radical (unpaired) electrons. The van der Waals surface area contributed by atoms with Gasteiger partial charge < -0.3 is 14.2 Å². The van der Waals surface area contributed by atoms with Crippen LogP contribution in [0.3, 0.4) is 0 Å². The second-order valence-electron chi connectivity index (χ2n) is 4.05. The minimum atomic E-state index is 0.617. The Morgan fingerprint density at radius 1 is 0.947 bits per heavy atom. The molecule has 0 spiro atoms. The fourth-order valence-electron chi connectivity index (χ4n) is 1.64. The van der Waals surface area contributed by atoms with Crippen molar-refractivity contribution in [2.45, 2.75) is 0 Å². The summed E-state index contributed by atoms with van der Waals surface area (Å²) >= 11 is 5.77. The average Bonchev–Trinajstić information content (AvgIpc) is 2.45. The molecule has 0 bridgehead atoms. The third kappa shape index (κ3) is 6.66. The van der Waals surface area contributed by atoms with Gasteiger partial charge >= 0.3 is 0 Å². The van der Waals surface area contributed by atoms with Gasteiger partial charge in [-0.3, -0.25) is 4.90 Å². The molecule has 4 nitrogen and oxygen atoms in total. The number of nitrogens with zero attached hydrogens (tertiary/aromatic N) is 1. The molecule has 0 aliphatic rings. The highest BCUT2D eigenvalue weighted by atomic mass is 35.5. The Labute approximate surface area is 120 Å². The minimum Gasteiger partial charge on any atom is -0.497 e. The number of halogens is 1. The number of alkyl halides is 1. The monoisotopic (exact) mass is 287 g/mol. The molecule has 0 amide bonds. The molecule has 0 N–H and O–H groups in total. The molecule has 0 unspecified atom stereocenters. The van der Waals surface area contributed by atoms with Gasteiger partial charge in [-0.05, 0) is 24.3 Å². The van der Waals surface area contributed by atoms with Gasteiger partial charge in [0.05, 0.1) is 13.7 Å². The summed E-state index contributed by atoms with van der Waals surface area (Å²) in [6.45, 7) is 3.89. The average molecular weight is 288 g/mol. The third-order valence-corrected chi connectivity index (χ3v) is 2.92. The van der Waals surface area contributed by atoms with Crippen molar-refractivity contribution in [3.8, 4) is 11.5 Å². The standard InChI is InChI=1S/C14H22ClNO3/c1-17-11-9-16(8-7-15)10-12-19-14-5-3-13(18-2)4-6-14/h3-6H,7-12H2,1-2H3. The number of methoxy groups -OCH3 is 2. The van der Waals surface area contributed by atoms with E-state index in [1.807, 2.05) is 24.3 Å². The molecule has 0 aromatic heterocycles. The zero-order valence-corrected chi connectivity index (χ0v) is 12.4. The van der Waals surface area contributed by atoms with Crippen LogP contribution in [0.4, 0.5) is 0 Å². The van der Waals surface area contributed by atoms with Crippen LogP contribution in [0.5, 0.6) is 11.5 Å². The summed E-state index contributed by atoms with van der Waals surface area (Å²) in [4.78, 5) is 2.22. The first-order chi connectivity index (χ1) is 9.30. The third-order valence-electron chi connectivity index (χ3n) is 2.75. The molecule has 0 saturated heterocycles. The highest BCUT2D eigenvalue weighted by Gasteiger charge is 2.04. The van der Waals surface area contributed by atoms with Crippen LogP contribution in [-0.2, 0) is 4.74 Å². The van der Waals surface area contributed by atoms with E-state index in [2.05, 4.69) is 4.90 Å². The molecule has 0 heterocycles. The minimum absolute atomic E-state index is 0.617. The molecule has 108 valence electrons. The summed E-state index contributed by atoms with van der Waals surface area (Å²) in [5.41, 5.74) is 0. The lowest BCUT2D eigenvalue weighted by atomic mass is 10.3. The highest BCUT2D eigenvalue weighted by molar-refractivity contribution is 6.18. The first-order valence-corrected chi connectivity index (χ1v) is 6.87. The Hall–Kier alpha value is -0.970. The van der Waals surface area contributed by atoms with Crippen molar-refractivity contribution in [1.82, 2.24) is 4.90 Å². The Balaban J connectivity index is 2.29. The molecule has 0 aliphatic carbocycles. The van der Waals surface area contributed by atoms with Crippen LogP contribution < -0.4 is 9.47 Å². The molecule has 0 atom stereocenters. The zero-order valence-electron chi connectivity index (χ0n) is 11.6. The molecule has 1 aromatic carbocycles.